The molecule has 1 amide bonds. The first-order valence-electron chi connectivity index (χ1n) is 8.26. The SMILES string of the molecule is CC(C)(C)OC(=O)N1CCC(CNCc2ccc(Br)cc2)CC1. The van der Waals surface area contributed by atoms with Crippen molar-refractivity contribution in [1.29, 1.82) is 0 Å². The average Bonchev–Trinajstić information content (AvgIpc) is 2.48. The van der Waals surface area contributed by atoms with E-state index in [4.69, 9.17) is 4.74 Å². The molecule has 0 aliphatic carbocycles. The lowest BCUT2D eigenvalue weighted by molar-refractivity contribution is 0.0184. The van der Waals surface area contributed by atoms with E-state index in [0.29, 0.717) is 5.92 Å². The predicted octanol–water partition coefficient (Wildman–Crippen LogP) is 4.19. The summed E-state index contributed by atoms with van der Waals surface area (Å²) in [6.07, 6.45) is 1.89. The maximum Gasteiger partial charge on any atom is 0.410 e. The van der Waals surface area contributed by atoms with E-state index >= 15 is 0 Å². The summed E-state index contributed by atoms with van der Waals surface area (Å²) >= 11 is 3.45. The maximum absolute atomic E-state index is 12.0. The van der Waals surface area contributed by atoms with Gasteiger partial charge in [0.1, 0.15) is 5.60 Å². The highest BCUT2D eigenvalue weighted by atomic mass is 79.9. The molecule has 1 aliphatic rings. The molecule has 0 radical (unpaired) electrons. The smallest absolute Gasteiger partial charge is 0.410 e. The van der Waals surface area contributed by atoms with E-state index in [1.54, 1.807) is 0 Å². The molecule has 4 nitrogen and oxygen atoms in total. The summed E-state index contributed by atoms with van der Waals surface area (Å²) in [6, 6.07) is 8.39. The van der Waals surface area contributed by atoms with Gasteiger partial charge < -0.3 is 15.0 Å². The van der Waals surface area contributed by atoms with E-state index in [1.165, 1.54) is 5.56 Å². The first kappa shape index (κ1) is 18.3. The molecular weight excluding hydrogens is 356 g/mol. The highest BCUT2D eigenvalue weighted by molar-refractivity contribution is 9.10. The van der Waals surface area contributed by atoms with Crippen molar-refractivity contribution in [1.82, 2.24) is 10.2 Å². The van der Waals surface area contributed by atoms with Crippen LogP contribution in [-0.2, 0) is 11.3 Å². The summed E-state index contributed by atoms with van der Waals surface area (Å²) in [7, 11) is 0. The number of likely N-dealkylation sites (tertiary alicyclic amines) is 1. The van der Waals surface area contributed by atoms with Crippen molar-refractivity contribution in [3.63, 3.8) is 0 Å². The van der Waals surface area contributed by atoms with Crippen LogP contribution in [0.25, 0.3) is 0 Å². The number of halogens is 1. The Morgan fingerprint density at radius 2 is 1.87 bits per heavy atom. The van der Waals surface area contributed by atoms with Gasteiger partial charge in [-0.3, -0.25) is 0 Å². The summed E-state index contributed by atoms with van der Waals surface area (Å²) < 4.78 is 6.54. The molecule has 0 bridgehead atoms. The van der Waals surface area contributed by atoms with Crippen LogP contribution in [0.5, 0.6) is 0 Å². The van der Waals surface area contributed by atoms with Crippen LogP contribution in [0.15, 0.2) is 28.7 Å². The molecule has 0 spiro atoms. The van der Waals surface area contributed by atoms with Crippen molar-refractivity contribution in [3.05, 3.63) is 34.3 Å². The van der Waals surface area contributed by atoms with Crippen molar-refractivity contribution in [2.75, 3.05) is 19.6 Å². The number of rotatable bonds is 4. The van der Waals surface area contributed by atoms with E-state index in [2.05, 4.69) is 45.5 Å². The Balaban J connectivity index is 1.66. The zero-order valence-electron chi connectivity index (χ0n) is 14.3. The van der Waals surface area contributed by atoms with Gasteiger partial charge in [0, 0.05) is 24.1 Å². The highest BCUT2D eigenvalue weighted by Gasteiger charge is 2.26. The van der Waals surface area contributed by atoms with Crippen molar-refractivity contribution in [2.45, 2.75) is 45.8 Å². The molecule has 1 N–H and O–H groups in total. The van der Waals surface area contributed by atoms with Gasteiger partial charge in [-0.2, -0.15) is 0 Å². The Hall–Kier alpha value is -1.07. The van der Waals surface area contributed by atoms with Crippen LogP contribution >= 0.6 is 15.9 Å². The minimum Gasteiger partial charge on any atom is -0.444 e. The van der Waals surface area contributed by atoms with Crippen molar-refractivity contribution in [2.24, 2.45) is 5.92 Å². The third-order valence-electron chi connectivity index (χ3n) is 3.94. The van der Waals surface area contributed by atoms with E-state index in [1.807, 2.05) is 25.7 Å². The van der Waals surface area contributed by atoms with E-state index in [9.17, 15) is 4.79 Å². The van der Waals surface area contributed by atoms with Crippen LogP contribution in [0.3, 0.4) is 0 Å². The molecule has 5 heteroatoms. The molecule has 0 saturated carbocycles. The summed E-state index contributed by atoms with van der Waals surface area (Å²) in [4.78, 5) is 13.9. The van der Waals surface area contributed by atoms with Crippen LogP contribution in [0.1, 0.15) is 39.2 Å². The van der Waals surface area contributed by atoms with Crippen LogP contribution in [-0.4, -0.2) is 36.2 Å². The fourth-order valence-electron chi connectivity index (χ4n) is 2.67. The second kappa shape index (κ2) is 8.15. The fourth-order valence-corrected chi connectivity index (χ4v) is 2.93. The molecule has 2 rings (SSSR count). The number of nitrogens with one attached hydrogen (secondary N) is 1. The van der Waals surface area contributed by atoms with Crippen LogP contribution in [0.2, 0.25) is 0 Å². The topological polar surface area (TPSA) is 41.6 Å². The molecule has 23 heavy (non-hydrogen) atoms. The number of amides is 1. The zero-order chi connectivity index (χ0) is 16.9. The summed E-state index contributed by atoms with van der Waals surface area (Å²) in [5, 5.41) is 3.52. The second-order valence-corrected chi connectivity index (χ2v) is 8.08. The lowest BCUT2D eigenvalue weighted by atomic mass is 9.97. The normalized spacial score (nSPS) is 16.4. The Labute approximate surface area is 147 Å². The third kappa shape index (κ3) is 6.51. The molecule has 0 atom stereocenters. The molecule has 0 unspecified atom stereocenters. The molecule has 128 valence electrons. The molecule has 1 aromatic rings. The lowest BCUT2D eigenvalue weighted by Crippen LogP contribution is -2.43. The number of hydrogen-bond donors (Lipinski definition) is 1. The molecule has 1 saturated heterocycles. The Bertz CT molecular complexity index is 503. The van der Waals surface area contributed by atoms with Gasteiger partial charge in [-0.15, -0.1) is 0 Å². The number of benzene rings is 1. The maximum atomic E-state index is 12.0. The van der Waals surface area contributed by atoms with E-state index in [0.717, 1.165) is 43.5 Å². The molecule has 1 fully saturated rings. The number of carbonyl (C=O) groups excluding carboxylic acids is 1. The Morgan fingerprint density at radius 1 is 1.26 bits per heavy atom. The number of nitrogens with zero attached hydrogens (tertiary/aromatic N) is 1. The average molecular weight is 383 g/mol. The fraction of sp³-hybridized carbons (Fsp3) is 0.611. The molecule has 1 heterocycles. The first-order chi connectivity index (χ1) is 10.8. The van der Waals surface area contributed by atoms with Crippen LogP contribution in [0, 0.1) is 5.92 Å². The number of hydrogen-bond acceptors (Lipinski definition) is 3. The number of piperidine rings is 1. The monoisotopic (exact) mass is 382 g/mol. The van der Waals surface area contributed by atoms with Gasteiger partial charge in [0.2, 0.25) is 0 Å². The quantitative estimate of drug-likeness (QED) is 0.848. The number of ether oxygens (including phenoxy) is 1. The Kier molecular flexibility index (Phi) is 6.48. The summed E-state index contributed by atoms with van der Waals surface area (Å²) in [6.45, 7) is 9.19. The molecule has 1 aromatic carbocycles. The zero-order valence-corrected chi connectivity index (χ0v) is 15.9. The second-order valence-electron chi connectivity index (χ2n) is 7.17. The molecular formula is C18H27BrN2O2. The van der Waals surface area contributed by atoms with E-state index in [-0.39, 0.29) is 6.09 Å². The molecule has 0 aromatic heterocycles. The van der Waals surface area contributed by atoms with Crippen LogP contribution < -0.4 is 5.32 Å². The minimum absolute atomic E-state index is 0.182. The molecule has 1 aliphatic heterocycles. The van der Waals surface area contributed by atoms with Gasteiger partial charge in [-0.1, -0.05) is 28.1 Å². The van der Waals surface area contributed by atoms with Gasteiger partial charge in [0.05, 0.1) is 0 Å². The standard InChI is InChI=1S/C18H27BrN2O2/c1-18(2,3)23-17(22)21-10-8-15(9-11-21)13-20-12-14-4-6-16(19)7-5-14/h4-7,15,20H,8-13H2,1-3H3. The van der Waals surface area contributed by atoms with Crippen LogP contribution in [0.4, 0.5) is 4.79 Å². The van der Waals surface area contributed by atoms with Gasteiger partial charge >= 0.3 is 6.09 Å². The predicted molar refractivity (Wildman–Crippen MR) is 96.4 cm³/mol. The Morgan fingerprint density at radius 3 is 2.43 bits per heavy atom. The van der Waals surface area contributed by atoms with Crippen molar-refractivity contribution >= 4 is 22.0 Å². The number of carbonyl (C=O) groups is 1. The third-order valence-corrected chi connectivity index (χ3v) is 4.47. The summed E-state index contributed by atoms with van der Waals surface area (Å²) in [5.41, 5.74) is 0.875. The van der Waals surface area contributed by atoms with Gasteiger partial charge in [-0.25, -0.2) is 4.79 Å². The van der Waals surface area contributed by atoms with Gasteiger partial charge in [0.15, 0.2) is 0 Å². The minimum atomic E-state index is -0.417. The van der Waals surface area contributed by atoms with Gasteiger partial charge in [0.25, 0.3) is 0 Å². The first-order valence-corrected chi connectivity index (χ1v) is 9.06. The van der Waals surface area contributed by atoms with Crippen molar-refractivity contribution < 1.29 is 9.53 Å². The highest BCUT2D eigenvalue weighted by Crippen LogP contribution is 2.19. The van der Waals surface area contributed by atoms with E-state index < -0.39 is 5.60 Å². The summed E-state index contributed by atoms with van der Waals surface area (Å²) in [5.74, 6) is 0.629. The lowest BCUT2D eigenvalue weighted by Gasteiger charge is -2.33. The largest absolute Gasteiger partial charge is 0.444 e. The van der Waals surface area contributed by atoms with Gasteiger partial charge in [-0.05, 0) is 63.8 Å². The van der Waals surface area contributed by atoms with Crippen molar-refractivity contribution in [3.8, 4) is 0 Å².